The Kier molecular flexibility index (Phi) is 2.09. The van der Waals surface area contributed by atoms with Crippen LogP contribution in [-0.4, -0.2) is 17.3 Å². The van der Waals surface area contributed by atoms with Gasteiger partial charge in [0.1, 0.15) is 12.2 Å². The molecule has 1 radical (unpaired) electrons. The van der Waals surface area contributed by atoms with Crippen LogP contribution in [0.2, 0.25) is 0 Å². The standard InChI is InChI=1S/C7H13O2/c1-2-3-4-7(8)5-9-6-7/h5,8H,2-4,6H2,1H3. The molecule has 1 saturated heterocycles. The molecule has 1 unspecified atom stereocenters. The smallest absolute Gasteiger partial charge is 0.118 e. The average Bonchev–Trinajstić information content (AvgIpc) is 1.79. The summed E-state index contributed by atoms with van der Waals surface area (Å²) >= 11 is 0. The van der Waals surface area contributed by atoms with Gasteiger partial charge in [0.15, 0.2) is 0 Å². The van der Waals surface area contributed by atoms with Gasteiger partial charge in [0.25, 0.3) is 0 Å². The lowest BCUT2D eigenvalue weighted by molar-refractivity contribution is -0.132. The van der Waals surface area contributed by atoms with Crippen molar-refractivity contribution in [3.8, 4) is 0 Å². The molecule has 0 aromatic rings. The summed E-state index contributed by atoms with van der Waals surface area (Å²) in [7, 11) is 0. The minimum atomic E-state index is -0.573. The van der Waals surface area contributed by atoms with Crippen LogP contribution in [0.5, 0.6) is 0 Å². The molecule has 1 heterocycles. The van der Waals surface area contributed by atoms with Crippen molar-refractivity contribution >= 4 is 0 Å². The van der Waals surface area contributed by atoms with Gasteiger partial charge in [0, 0.05) is 0 Å². The van der Waals surface area contributed by atoms with Crippen LogP contribution in [-0.2, 0) is 4.74 Å². The predicted molar refractivity (Wildman–Crippen MR) is 34.7 cm³/mol. The summed E-state index contributed by atoms with van der Waals surface area (Å²) < 4.78 is 4.76. The molecule has 53 valence electrons. The van der Waals surface area contributed by atoms with Crippen molar-refractivity contribution in [2.24, 2.45) is 0 Å². The number of ether oxygens (including phenoxy) is 1. The molecule has 0 saturated carbocycles. The third kappa shape index (κ3) is 1.66. The topological polar surface area (TPSA) is 29.5 Å². The Hall–Kier alpha value is -0.0800. The maximum absolute atomic E-state index is 9.36. The van der Waals surface area contributed by atoms with Crippen LogP contribution in [0.1, 0.15) is 26.2 Å². The predicted octanol–water partition coefficient (Wildman–Crippen LogP) is 1.10. The first-order valence-electron chi connectivity index (χ1n) is 3.45. The van der Waals surface area contributed by atoms with Gasteiger partial charge in [-0.15, -0.1) is 0 Å². The van der Waals surface area contributed by atoms with E-state index in [0.29, 0.717) is 6.61 Å². The second kappa shape index (κ2) is 2.67. The average molecular weight is 129 g/mol. The van der Waals surface area contributed by atoms with Gasteiger partial charge in [0.2, 0.25) is 0 Å². The normalized spacial score (nSPS) is 23.3. The summed E-state index contributed by atoms with van der Waals surface area (Å²) in [4.78, 5) is 0. The summed E-state index contributed by atoms with van der Waals surface area (Å²) in [6.07, 6.45) is 3.07. The molecule has 1 aliphatic heterocycles. The molecule has 0 bridgehead atoms. The van der Waals surface area contributed by atoms with E-state index in [1.165, 1.54) is 6.61 Å². The number of hydrogen-bond acceptors (Lipinski definition) is 2. The molecule has 2 heteroatoms. The van der Waals surface area contributed by atoms with Gasteiger partial charge in [-0.3, -0.25) is 0 Å². The molecule has 0 amide bonds. The van der Waals surface area contributed by atoms with Crippen molar-refractivity contribution in [1.82, 2.24) is 0 Å². The Labute approximate surface area is 55.8 Å². The number of unbranched alkanes of at least 4 members (excludes halogenated alkanes) is 1. The van der Waals surface area contributed by atoms with Crippen molar-refractivity contribution in [3.63, 3.8) is 0 Å². The Morgan fingerprint density at radius 2 is 2.44 bits per heavy atom. The van der Waals surface area contributed by atoms with E-state index in [-0.39, 0.29) is 0 Å². The highest BCUT2D eigenvalue weighted by Crippen LogP contribution is 2.26. The van der Waals surface area contributed by atoms with Crippen LogP contribution in [0.15, 0.2) is 0 Å². The first kappa shape index (κ1) is 7.03. The fourth-order valence-corrected chi connectivity index (χ4v) is 0.890. The maximum atomic E-state index is 9.36. The minimum Gasteiger partial charge on any atom is -0.385 e. The van der Waals surface area contributed by atoms with Gasteiger partial charge in [-0.25, -0.2) is 0 Å². The van der Waals surface area contributed by atoms with E-state index in [4.69, 9.17) is 4.74 Å². The lowest BCUT2D eigenvalue weighted by atomic mass is 9.95. The first-order chi connectivity index (χ1) is 4.27. The van der Waals surface area contributed by atoms with Crippen LogP contribution in [0, 0.1) is 6.61 Å². The van der Waals surface area contributed by atoms with Crippen molar-refractivity contribution in [2.45, 2.75) is 31.8 Å². The van der Waals surface area contributed by atoms with E-state index in [0.717, 1.165) is 19.3 Å². The molecule has 1 N–H and O–H groups in total. The van der Waals surface area contributed by atoms with Crippen molar-refractivity contribution in [1.29, 1.82) is 0 Å². The van der Waals surface area contributed by atoms with Gasteiger partial charge in [0.05, 0.1) is 6.61 Å². The van der Waals surface area contributed by atoms with Crippen LogP contribution in [0.4, 0.5) is 0 Å². The molecule has 2 nitrogen and oxygen atoms in total. The molecular weight excluding hydrogens is 116 g/mol. The summed E-state index contributed by atoms with van der Waals surface area (Å²) in [6.45, 7) is 4.14. The van der Waals surface area contributed by atoms with E-state index in [1.54, 1.807) is 0 Å². The zero-order chi connectivity index (χ0) is 6.74. The second-order valence-corrected chi connectivity index (χ2v) is 2.64. The summed E-state index contributed by atoms with van der Waals surface area (Å²) in [5.41, 5.74) is -0.573. The van der Waals surface area contributed by atoms with Crippen molar-refractivity contribution in [2.75, 3.05) is 6.61 Å². The van der Waals surface area contributed by atoms with Crippen LogP contribution < -0.4 is 0 Å². The van der Waals surface area contributed by atoms with Crippen molar-refractivity contribution < 1.29 is 9.84 Å². The van der Waals surface area contributed by atoms with Gasteiger partial charge < -0.3 is 9.84 Å². The molecule has 9 heavy (non-hydrogen) atoms. The zero-order valence-electron chi connectivity index (χ0n) is 5.76. The summed E-state index contributed by atoms with van der Waals surface area (Å²) in [6, 6.07) is 0. The molecule has 1 rings (SSSR count). The van der Waals surface area contributed by atoms with E-state index in [1.807, 2.05) is 0 Å². The highest BCUT2D eigenvalue weighted by Gasteiger charge is 2.35. The molecule has 0 aliphatic carbocycles. The quantitative estimate of drug-likeness (QED) is 0.618. The van der Waals surface area contributed by atoms with Gasteiger partial charge in [-0.1, -0.05) is 19.8 Å². The molecule has 0 spiro atoms. The summed E-state index contributed by atoms with van der Waals surface area (Å²) in [5.74, 6) is 0. The first-order valence-corrected chi connectivity index (χ1v) is 3.45. The molecule has 0 aromatic heterocycles. The maximum Gasteiger partial charge on any atom is 0.118 e. The van der Waals surface area contributed by atoms with Gasteiger partial charge >= 0.3 is 0 Å². The van der Waals surface area contributed by atoms with Gasteiger partial charge in [-0.2, -0.15) is 0 Å². The van der Waals surface area contributed by atoms with Crippen LogP contribution >= 0.6 is 0 Å². The van der Waals surface area contributed by atoms with E-state index < -0.39 is 5.60 Å². The molecule has 1 aliphatic rings. The Morgan fingerprint density at radius 1 is 1.78 bits per heavy atom. The summed E-state index contributed by atoms with van der Waals surface area (Å²) in [5, 5.41) is 9.36. The SMILES string of the molecule is CCCCC1(O)[CH]OC1. The van der Waals surface area contributed by atoms with E-state index in [2.05, 4.69) is 6.92 Å². The monoisotopic (exact) mass is 129 g/mol. The van der Waals surface area contributed by atoms with Crippen molar-refractivity contribution in [3.05, 3.63) is 6.61 Å². The highest BCUT2D eigenvalue weighted by molar-refractivity contribution is 4.94. The lowest BCUT2D eigenvalue weighted by Gasteiger charge is -2.35. The third-order valence-corrected chi connectivity index (χ3v) is 1.60. The Bertz CT molecular complexity index is 86.9. The van der Waals surface area contributed by atoms with E-state index in [9.17, 15) is 5.11 Å². The molecule has 0 aromatic carbocycles. The fraction of sp³-hybridized carbons (Fsp3) is 0.857. The zero-order valence-corrected chi connectivity index (χ0v) is 5.76. The van der Waals surface area contributed by atoms with Gasteiger partial charge in [-0.05, 0) is 6.42 Å². The van der Waals surface area contributed by atoms with Crippen LogP contribution in [0.25, 0.3) is 0 Å². The largest absolute Gasteiger partial charge is 0.385 e. The number of rotatable bonds is 3. The fourth-order valence-electron chi connectivity index (χ4n) is 0.890. The van der Waals surface area contributed by atoms with E-state index >= 15 is 0 Å². The molecular formula is C7H13O2. The third-order valence-electron chi connectivity index (χ3n) is 1.60. The Balaban J connectivity index is 2.09. The molecule has 1 fully saturated rings. The number of aliphatic hydroxyl groups is 1. The Morgan fingerprint density at radius 3 is 2.78 bits per heavy atom. The number of hydrogen-bond donors (Lipinski definition) is 1. The second-order valence-electron chi connectivity index (χ2n) is 2.64. The van der Waals surface area contributed by atoms with Crippen LogP contribution in [0.3, 0.4) is 0 Å². The highest BCUT2D eigenvalue weighted by atomic mass is 16.5. The molecule has 1 atom stereocenters. The lowest BCUT2D eigenvalue weighted by Crippen LogP contribution is -2.44. The minimum absolute atomic E-state index is 0.493.